The molecule has 1 rings (SSSR count). The van der Waals surface area contributed by atoms with E-state index in [0.717, 1.165) is 6.07 Å². The molecule has 1 aromatic rings. The van der Waals surface area contributed by atoms with Gasteiger partial charge in [0.15, 0.2) is 5.69 Å². The molecule has 19 heavy (non-hydrogen) atoms. The number of alkyl halides is 3. The molecule has 1 aromatic heterocycles. The van der Waals surface area contributed by atoms with Crippen molar-refractivity contribution in [3.63, 3.8) is 0 Å². The van der Waals surface area contributed by atoms with Crippen molar-refractivity contribution in [2.24, 2.45) is 11.3 Å². The Labute approximate surface area is 115 Å². The minimum absolute atomic E-state index is 0.0736. The van der Waals surface area contributed by atoms with E-state index in [4.69, 9.17) is 11.6 Å². The summed E-state index contributed by atoms with van der Waals surface area (Å²) in [5, 5.41) is 2.47. The van der Waals surface area contributed by atoms with Gasteiger partial charge in [0.25, 0.3) is 0 Å². The van der Waals surface area contributed by atoms with Crippen LogP contribution in [-0.4, -0.2) is 16.5 Å². The van der Waals surface area contributed by atoms with Gasteiger partial charge in [-0.05, 0) is 22.9 Å². The Morgan fingerprint density at radius 2 is 1.84 bits per heavy atom. The van der Waals surface area contributed by atoms with Gasteiger partial charge >= 0.3 is 6.18 Å². The Kier molecular flexibility index (Phi) is 4.66. The van der Waals surface area contributed by atoms with E-state index in [1.165, 1.54) is 0 Å². The summed E-state index contributed by atoms with van der Waals surface area (Å²) in [7, 11) is 0. The number of hydrogen-bond donors (Lipinski definition) is 1. The molecule has 0 aliphatic heterocycles. The van der Waals surface area contributed by atoms with Crippen LogP contribution < -0.4 is 5.32 Å². The van der Waals surface area contributed by atoms with E-state index in [9.17, 15) is 13.2 Å². The second kappa shape index (κ2) is 5.53. The summed E-state index contributed by atoms with van der Waals surface area (Å²) in [6, 6.07) is 0.863. The van der Waals surface area contributed by atoms with Gasteiger partial charge in [-0.3, -0.25) is 0 Å². The summed E-state index contributed by atoms with van der Waals surface area (Å²) < 4.78 is 37.7. The third-order valence-electron chi connectivity index (χ3n) is 3.28. The van der Waals surface area contributed by atoms with Crippen molar-refractivity contribution < 1.29 is 13.2 Å². The average Bonchev–Trinajstić information content (AvgIpc) is 2.24. The van der Waals surface area contributed by atoms with Crippen molar-refractivity contribution in [2.75, 3.05) is 11.9 Å². The van der Waals surface area contributed by atoms with Crippen molar-refractivity contribution in [3.8, 4) is 0 Å². The van der Waals surface area contributed by atoms with Crippen molar-refractivity contribution in [1.29, 1.82) is 0 Å². The van der Waals surface area contributed by atoms with Crippen molar-refractivity contribution in [3.05, 3.63) is 17.0 Å². The molecule has 0 fully saturated rings. The summed E-state index contributed by atoms with van der Waals surface area (Å²) in [5.41, 5.74) is -1.12. The Hall–Kier alpha value is -1.04. The SMILES string of the molecule is CC(C)C(C)(C)CNc1cc(C(F)(F)F)nc(Cl)n1. The molecular formula is C12H17ClF3N3. The lowest BCUT2D eigenvalue weighted by atomic mass is 9.81. The van der Waals surface area contributed by atoms with Crippen LogP contribution in [0.1, 0.15) is 33.4 Å². The smallest absolute Gasteiger partial charge is 0.369 e. The van der Waals surface area contributed by atoms with Gasteiger partial charge in [0, 0.05) is 12.6 Å². The molecule has 0 saturated carbocycles. The number of halogens is 4. The van der Waals surface area contributed by atoms with E-state index >= 15 is 0 Å². The van der Waals surface area contributed by atoms with E-state index in [-0.39, 0.29) is 11.2 Å². The van der Waals surface area contributed by atoms with Crippen LogP contribution in [0.2, 0.25) is 5.28 Å². The van der Waals surface area contributed by atoms with Crippen LogP contribution >= 0.6 is 11.6 Å². The highest BCUT2D eigenvalue weighted by molar-refractivity contribution is 6.28. The molecule has 0 aliphatic rings. The molecule has 0 aromatic carbocycles. The zero-order valence-corrected chi connectivity index (χ0v) is 12.0. The summed E-state index contributed by atoms with van der Waals surface area (Å²) in [5.74, 6) is 0.459. The molecule has 3 nitrogen and oxygen atoms in total. The first-order valence-corrected chi connectivity index (χ1v) is 6.26. The van der Waals surface area contributed by atoms with Crippen LogP contribution in [0.15, 0.2) is 6.07 Å². The highest BCUT2D eigenvalue weighted by Gasteiger charge is 2.33. The zero-order chi connectivity index (χ0) is 14.8. The van der Waals surface area contributed by atoms with Gasteiger partial charge in [0.05, 0.1) is 0 Å². The number of anilines is 1. The first-order chi connectivity index (χ1) is 8.52. The van der Waals surface area contributed by atoms with Gasteiger partial charge in [-0.25, -0.2) is 9.97 Å². The van der Waals surface area contributed by atoms with Gasteiger partial charge < -0.3 is 5.32 Å². The summed E-state index contributed by atoms with van der Waals surface area (Å²) >= 11 is 5.51. The first-order valence-electron chi connectivity index (χ1n) is 5.88. The van der Waals surface area contributed by atoms with Gasteiger partial charge in [-0.2, -0.15) is 13.2 Å². The standard InChI is InChI=1S/C12H17ClF3N3/c1-7(2)11(3,4)6-17-9-5-8(12(14,15)16)18-10(13)19-9/h5,7H,6H2,1-4H3,(H,17,18,19). The highest BCUT2D eigenvalue weighted by atomic mass is 35.5. The van der Waals surface area contributed by atoms with E-state index in [1.807, 2.05) is 13.8 Å². The Morgan fingerprint density at radius 1 is 1.26 bits per heavy atom. The molecule has 0 aliphatic carbocycles. The second-order valence-corrected chi connectivity index (χ2v) is 5.74. The van der Waals surface area contributed by atoms with E-state index in [2.05, 4.69) is 29.1 Å². The largest absolute Gasteiger partial charge is 0.433 e. The molecular weight excluding hydrogens is 279 g/mol. The maximum Gasteiger partial charge on any atom is 0.433 e. The minimum Gasteiger partial charge on any atom is -0.369 e. The van der Waals surface area contributed by atoms with Gasteiger partial charge in [-0.1, -0.05) is 27.7 Å². The molecule has 0 spiro atoms. The molecule has 108 valence electrons. The van der Waals surface area contributed by atoms with Crippen molar-refractivity contribution in [2.45, 2.75) is 33.9 Å². The molecule has 0 unspecified atom stereocenters. The molecule has 1 heterocycles. The molecule has 7 heteroatoms. The molecule has 0 saturated heterocycles. The number of nitrogens with one attached hydrogen (secondary N) is 1. The Morgan fingerprint density at radius 3 is 2.32 bits per heavy atom. The maximum atomic E-state index is 12.6. The number of nitrogens with zero attached hydrogens (tertiary/aromatic N) is 2. The van der Waals surface area contributed by atoms with Crippen LogP contribution in [-0.2, 0) is 6.18 Å². The van der Waals surface area contributed by atoms with E-state index < -0.39 is 17.2 Å². The average molecular weight is 296 g/mol. The lowest BCUT2D eigenvalue weighted by Crippen LogP contribution is -2.29. The number of rotatable bonds is 4. The predicted molar refractivity (Wildman–Crippen MR) is 69.2 cm³/mol. The fourth-order valence-corrected chi connectivity index (χ4v) is 1.36. The minimum atomic E-state index is -4.53. The Bertz CT molecular complexity index is 444. The fourth-order valence-electron chi connectivity index (χ4n) is 1.18. The second-order valence-electron chi connectivity index (χ2n) is 5.40. The molecule has 0 amide bonds. The normalized spacial score (nSPS) is 12.9. The summed E-state index contributed by atoms with van der Waals surface area (Å²) in [6.07, 6.45) is -4.53. The first kappa shape index (κ1) is 16.0. The number of aromatic nitrogens is 2. The van der Waals surface area contributed by atoms with Crippen LogP contribution in [0, 0.1) is 11.3 Å². The third-order valence-corrected chi connectivity index (χ3v) is 3.45. The molecule has 0 radical (unpaired) electrons. The van der Waals surface area contributed by atoms with Crippen LogP contribution in [0.4, 0.5) is 19.0 Å². The van der Waals surface area contributed by atoms with Crippen molar-refractivity contribution >= 4 is 17.4 Å². The fraction of sp³-hybridized carbons (Fsp3) is 0.667. The number of hydrogen-bond acceptors (Lipinski definition) is 3. The lowest BCUT2D eigenvalue weighted by Gasteiger charge is -2.29. The Balaban J connectivity index is 2.88. The zero-order valence-electron chi connectivity index (χ0n) is 11.3. The van der Waals surface area contributed by atoms with E-state index in [1.54, 1.807) is 0 Å². The van der Waals surface area contributed by atoms with Crippen LogP contribution in [0.5, 0.6) is 0 Å². The van der Waals surface area contributed by atoms with Gasteiger partial charge in [0.1, 0.15) is 5.82 Å². The lowest BCUT2D eigenvalue weighted by molar-refractivity contribution is -0.141. The third kappa shape index (κ3) is 4.53. The van der Waals surface area contributed by atoms with Crippen molar-refractivity contribution in [1.82, 2.24) is 9.97 Å². The van der Waals surface area contributed by atoms with Gasteiger partial charge in [0.2, 0.25) is 5.28 Å². The monoisotopic (exact) mass is 295 g/mol. The topological polar surface area (TPSA) is 37.8 Å². The summed E-state index contributed by atoms with van der Waals surface area (Å²) in [4.78, 5) is 6.93. The summed E-state index contributed by atoms with van der Waals surface area (Å²) in [6.45, 7) is 8.65. The quantitative estimate of drug-likeness (QED) is 0.844. The van der Waals surface area contributed by atoms with Crippen LogP contribution in [0.3, 0.4) is 0 Å². The highest BCUT2D eigenvalue weighted by Crippen LogP contribution is 2.30. The van der Waals surface area contributed by atoms with Gasteiger partial charge in [-0.15, -0.1) is 0 Å². The van der Waals surface area contributed by atoms with Crippen LogP contribution in [0.25, 0.3) is 0 Å². The van der Waals surface area contributed by atoms with E-state index in [0.29, 0.717) is 12.5 Å². The molecule has 0 atom stereocenters. The maximum absolute atomic E-state index is 12.6. The molecule has 1 N–H and O–H groups in total. The molecule has 0 bridgehead atoms. The predicted octanol–water partition coefficient (Wildman–Crippen LogP) is 4.24.